The molecule has 1 aliphatic heterocycles. The number of aromatic hydroxyl groups is 2. The van der Waals surface area contributed by atoms with Gasteiger partial charge in [-0.15, -0.1) is 0 Å². The zero-order valence-electron chi connectivity index (χ0n) is 77.3. The Morgan fingerprint density at radius 2 is 0.805 bits per heavy atom. The smallest absolute Gasteiger partial charge is 0.326 e. The number of carbonyl (C=O) groups excluding carboxylic acids is 16. The van der Waals surface area contributed by atoms with E-state index in [1.54, 1.807) is 55.4 Å². The second-order valence-corrected chi connectivity index (χ2v) is 35.7. The number of guanidine groups is 1. The summed E-state index contributed by atoms with van der Waals surface area (Å²) in [6, 6.07) is -13.5. The van der Waals surface area contributed by atoms with Crippen LogP contribution in [0.3, 0.4) is 0 Å². The molecule has 46 nitrogen and oxygen atoms in total. The van der Waals surface area contributed by atoms with Gasteiger partial charge in [-0.1, -0.05) is 98.9 Å². The number of aliphatic imine (C=N–C) groups is 1. The molecule has 1 saturated heterocycles. The maximum absolute atomic E-state index is 15.0. The van der Waals surface area contributed by atoms with Crippen LogP contribution in [0.15, 0.2) is 53.5 Å². The number of likely N-dealkylation sites (tertiary alicyclic amines) is 1. The summed E-state index contributed by atoms with van der Waals surface area (Å²) in [4.78, 5) is 245. The van der Waals surface area contributed by atoms with Crippen molar-refractivity contribution >= 4 is 132 Å². The average molecular weight is 1920 g/mol. The number of carboxylic acid groups (broad SMARTS) is 1. The SMILES string of the molecule is CC[C@H](C)[C@H](NC(=O)[C@@H](NC(=O)[C@@H]1C[C@@H](O)CN1C(=O)[C@@H](N)C(C)C)[C@@H](C)CC)C(=O)N[C@@H](Cc1ccc(O)cc1)C(=O)N[C@H](C(=O)N[C@@H](CC(N)=O)C(=O)N[C@@H](CCCN=C(N)N)C(=O)N[C@@H](CCN)C(=O)N[C@H](C(=O)N[C@H](CCN)C(=O)N[C@H](C(=O)N[C@@H](CS)C(=O)N[C@@H](CCN)C(=O)N[C@@H](CCCN)C(=O)N[C@@H](Cc1ccc(O)cc1)C(=O)O)[C@@H](C)CC)[C@@H](C)O)C(C)(C)S. The minimum atomic E-state index is -1.98. The van der Waals surface area contributed by atoms with E-state index >= 15 is 0 Å². The van der Waals surface area contributed by atoms with Crippen molar-refractivity contribution in [3.63, 3.8) is 0 Å². The molecule has 35 N–H and O–H groups in total. The Hall–Kier alpha value is -11.3. The number of hydrogen-bond acceptors (Lipinski definition) is 29. The minimum absolute atomic E-state index is 0.0663. The normalized spacial score (nSPS) is 17.4. The molecule has 2 aromatic rings. The molecule has 133 heavy (non-hydrogen) atoms. The number of aliphatic carboxylic acids is 1. The van der Waals surface area contributed by atoms with E-state index in [1.165, 1.54) is 67.3 Å². The van der Waals surface area contributed by atoms with E-state index in [0.717, 1.165) is 6.92 Å². The van der Waals surface area contributed by atoms with Gasteiger partial charge in [0.2, 0.25) is 94.5 Å². The number of benzene rings is 2. The lowest BCUT2D eigenvalue weighted by Gasteiger charge is -2.33. The first-order chi connectivity index (χ1) is 62.4. The maximum Gasteiger partial charge on any atom is 0.326 e. The molecular weight excluding hydrogens is 1770 g/mol. The molecule has 1 heterocycles. The van der Waals surface area contributed by atoms with E-state index < -0.39 is 250 Å². The molecule has 0 aliphatic carbocycles. The summed E-state index contributed by atoms with van der Waals surface area (Å²) in [5.74, 6) is -20.7. The highest BCUT2D eigenvalue weighted by molar-refractivity contribution is 7.81. The van der Waals surface area contributed by atoms with Crippen molar-refractivity contribution in [3.05, 3.63) is 59.7 Å². The number of phenolic OH excluding ortho intramolecular Hbond substituents is 2. The Bertz CT molecular complexity index is 4260. The Kier molecular flexibility index (Phi) is 50.0. The first-order valence-corrected chi connectivity index (χ1v) is 45.5. The molecule has 1 aliphatic rings. The highest BCUT2D eigenvalue weighted by Crippen LogP contribution is 2.25. The van der Waals surface area contributed by atoms with Crippen LogP contribution in [0.4, 0.5) is 0 Å². The molecular formula is C85H142N24O22S2. The van der Waals surface area contributed by atoms with Crippen molar-refractivity contribution in [1.82, 2.24) is 79.3 Å². The van der Waals surface area contributed by atoms with Gasteiger partial charge in [0.15, 0.2) is 5.96 Å². The first kappa shape index (κ1) is 116. The van der Waals surface area contributed by atoms with Crippen LogP contribution in [0.25, 0.3) is 0 Å². The fourth-order valence-electron chi connectivity index (χ4n) is 13.9. The van der Waals surface area contributed by atoms with Gasteiger partial charge in [-0.05, 0) is 151 Å². The van der Waals surface area contributed by atoms with E-state index in [9.17, 15) is 107 Å². The number of aliphatic hydroxyl groups is 2. The molecule has 0 saturated carbocycles. The van der Waals surface area contributed by atoms with Crippen LogP contribution < -0.4 is 120 Å². The Labute approximate surface area is 784 Å². The topological polar surface area (TPSA) is 784 Å². The number of nitrogens with two attached hydrogens (primary N) is 8. The molecule has 746 valence electrons. The summed E-state index contributed by atoms with van der Waals surface area (Å²) >= 11 is 8.91. The highest BCUT2D eigenvalue weighted by Gasteiger charge is 2.46. The zero-order chi connectivity index (χ0) is 101. The van der Waals surface area contributed by atoms with E-state index in [2.05, 4.69) is 105 Å². The van der Waals surface area contributed by atoms with Crippen LogP contribution >= 0.6 is 25.3 Å². The van der Waals surface area contributed by atoms with E-state index in [-0.39, 0.29) is 133 Å². The van der Waals surface area contributed by atoms with Crippen molar-refractivity contribution in [1.29, 1.82) is 0 Å². The van der Waals surface area contributed by atoms with Crippen LogP contribution in [0, 0.1) is 23.7 Å². The lowest BCUT2D eigenvalue weighted by molar-refractivity contribution is -0.142. The molecule has 0 unspecified atom stereocenters. The summed E-state index contributed by atoms with van der Waals surface area (Å²) in [5.41, 5.74) is 47.3. The molecule has 0 radical (unpaired) electrons. The number of primary amides is 1. The summed E-state index contributed by atoms with van der Waals surface area (Å²) < 4.78 is -1.60. The van der Waals surface area contributed by atoms with Crippen molar-refractivity contribution in [2.45, 2.75) is 280 Å². The van der Waals surface area contributed by atoms with Gasteiger partial charge < -0.3 is 151 Å². The van der Waals surface area contributed by atoms with Gasteiger partial charge in [-0.2, -0.15) is 25.3 Å². The third kappa shape index (κ3) is 38.3. The predicted molar refractivity (Wildman–Crippen MR) is 497 cm³/mol. The van der Waals surface area contributed by atoms with Crippen LogP contribution in [-0.2, 0) is 94.3 Å². The standard InChI is InChI=1S/C85H142N24O22S2/c1-12-42(6)63(78(125)103-59(40-132)75(122)98-53(27-31-87)70(117)95-51(17-15-30-86)69(116)102-58(83(130)131)36-47-21-25-49(112)26-22-47)104-71(118)55(29-33-89)99-80(127)66(45(9)110)107-72(119)54(28-32-88)97-68(115)52(18-16-34-94-84(92)93)96-73(120)57(38-61(90)114)101-81(128)67(85(10,11)133)108-74(121)56(35-46-19-23-48(111)24-20-46)100-77(124)64(43(7)13-2)106-79(126)65(44(8)14-3)105-76(123)60-37-50(113)39-109(60)82(129)62(91)41(4)5/h19-26,41-45,50-60,62-67,110-113,132-133H,12-18,27-40,86-89,91H2,1-11H3,(H2,90,114)(H,95,117)(H,96,120)(H,97,115)(H,98,122)(H,99,127)(H,100,124)(H,101,128)(H,102,116)(H,103,125)(H,104,118)(H,105,123)(H,106,126)(H,107,119)(H,108,121)(H,130,131)(H4,92,93,94)/t42-,43-,44-,45+,50+,51-,52-,53-,54-,55+,56-,57-,58-,59-,60-,62-,63-,64-,65-,66-,67+/m0/s1. The molecule has 1 fully saturated rings. The largest absolute Gasteiger partial charge is 0.508 e. The number of aliphatic hydroxyl groups excluding tert-OH is 2. The van der Waals surface area contributed by atoms with Crippen LogP contribution in [0.5, 0.6) is 11.5 Å². The quantitative estimate of drug-likeness (QED) is 0.0127. The summed E-state index contributed by atoms with van der Waals surface area (Å²) in [6.07, 6.45) is -4.95. The second-order valence-electron chi connectivity index (χ2n) is 34.2. The number of nitrogens with one attached hydrogen (secondary N) is 14. The van der Waals surface area contributed by atoms with Crippen molar-refractivity contribution in [2.75, 3.05) is 45.0 Å². The molecule has 48 heteroatoms. The number of carbonyl (C=O) groups is 17. The summed E-state index contributed by atoms with van der Waals surface area (Å²) in [5, 5.41) is 87.1. The van der Waals surface area contributed by atoms with Gasteiger partial charge in [0, 0.05) is 42.9 Å². The van der Waals surface area contributed by atoms with E-state index in [4.69, 9.17) is 45.9 Å². The number of β-amino-alcohol motifs (C(OH)–C–C–N with tert-alkyl or cyclic N) is 1. The molecule has 0 bridgehead atoms. The van der Waals surface area contributed by atoms with E-state index in [0.29, 0.717) is 17.5 Å². The van der Waals surface area contributed by atoms with Gasteiger partial charge in [0.1, 0.15) is 102 Å². The number of thiol groups is 2. The molecule has 16 amide bonds. The molecule has 3 rings (SSSR count). The fraction of sp³-hybridized carbons (Fsp3) is 0.647. The summed E-state index contributed by atoms with van der Waals surface area (Å²) in [6.45, 7) is 16.3. The lowest BCUT2D eigenvalue weighted by atomic mass is 9.94. The van der Waals surface area contributed by atoms with Crippen LogP contribution in [-0.4, -0.2) is 296 Å². The Morgan fingerprint density at radius 3 is 1.20 bits per heavy atom. The van der Waals surface area contributed by atoms with Gasteiger partial charge in [0.25, 0.3) is 0 Å². The van der Waals surface area contributed by atoms with Gasteiger partial charge in [0.05, 0.1) is 24.7 Å². The van der Waals surface area contributed by atoms with Gasteiger partial charge in [-0.3, -0.25) is 81.7 Å². The third-order valence-electron chi connectivity index (χ3n) is 22.6. The number of carboxylic acids is 1. The molecule has 2 aromatic carbocycles. The van der Waals surface area contributed by atoms with Crippen molar-refractivity contribution in [2.24, 2.45) is 74.5 Å². The Balaban J connectivity index is 1.93. The fourth-order valence-corrected chi connectivity index (χ4v) is 14.4. The average Bonchev–Trinajstić information content (AvgIpc) is 1.65. The maximum atomic E-state index is 15.0. The lowest BCUT2D eigenvalue weighted by Crippen LogP contribution is -2.64. The molecule has 0 aromatic heterocycles. The van der Waals surface area contributed by atoms with E-state index in [1.807, 2.05) is 0 Å². The highest BCUT2D eigenvalue weighted by atomic mass is 32.1. The molecule has 0 spiro atoms. The predicted octanol–water partition coefficient (Wildman–Crippen LogP) is -7.43. The third-order valence-corrected chi connectivity index (χ3v) is 23.2. The molecule has 21 atom stereocenters. The number of phenols is 2. The monoisotopic (exact) mass is 1920 g/mol. The number of amides is 16. The van der Waals surface area contributed by atoms with Crippen molar-refractivity contribution in [3.8, 4) is 11.5 Å². The zero-order valence-corrected chi connectivity index (χ0v) is 79.0. The minimum Gasteiger partial charge on any atom is -0.508 e. The number of nitrogens with zero attached hydrogens (tertiary/aromatic N) is 2. The second kappa shape index (κ2) is 57.3. The number of rotatable bonds is 59. The van der Waals surface area contributed by atoms with Crippen LogP contribution in [0.2, 0.25) is 0 Å². The Morgan fingerprint density at radius 1 is 0.459 bits per heavy atom. The van der Waals surface area contributed by atoms with Crippen LogP contribution in [0.1, 0.15) is 164 Å². The first-order valence-electron chi connectivity index (χ1n) is 44.4. The number of hydrogen-bond donors (Lipinski definition) is 29. The van der Waals surface area contributed by atoms with Gasteiger partial charge >= 0.3 is 5.97 Å². The summed E-state index contributed by atoms with van der Waals surface area (Å²) in [7, 11) is 0. The van der Waals surface area contributed by atoms with Gasteiger partial charge in [-0.25, -0.2) is 4.79 Å². The van der Waals surface area contributed by atoms with Crippen molar-refractivity contribution < 1.29 is 107 Å².